The van der Waals surface area contributed by atoms with Crippen LogP contribution in [0.5, 0.6) is 0 Å². The maximum atomic E-state index is 12.8. The average Bonchev–Trinajstić information content (AvgIpc) is 3.19. The summed E-state index contributed by atoms with van der Waals surface area (Å²) < 4.78 is 25.7. The van der Waals surface area contributed by atoms with Crippen molar-refractivity contribution >= 4 is 11.4 Å². The van der Waals surface area contributed by atoms with E-state index in [9.17, 15) is 24.0 Å². The lowest BCUT2D eigenvalue weighted by atomic mass is 10.1. The van der Waals surface area contributed by atoms with Crippen LogP contribution in [0, 0.1) is 16.0 Å². The third kappa shape index (κ3) is 3.37. The molecule has 1 aliphatic carbocycles. The van der Waals surface area contributed by atoms with E-state index in [-0.39, 0.29) is 23.8 Å². The molecule has 0 amide bonds. The maximum Gasteiger partial charge on any atom is 0.270 e. The Morgan fingerprint density at radius 1 is 1.47 bits per heavy atom. The number of benzene rings is 1. The van der Waals surface area contributed by atoms with Gasteiger partial charge in [-0.15, -0.1) is 0 Å². The number of aliphatic hydroxyl groups excluding tert-OH is 1. The zero-order valence-corrected chi connectivity index (χ0v) is 10.1. The van der Waals surface area contributed by atoms with Gasteiger partial charge in [-0.05, 0) is 24.8 Å². The van der Waals surface area contributed by atoms with Crippen LogP contribution in [-0.4, -0.2) is 22.7 Å². The Morgan fingerprint density at radius 3 is 2.68 bits per heavy atom. The third-order valence-electron chi connectivity index (χ3n) is 3.15. The molecule has 0 radical (unpaired) electrons. The van der Waals surface area contributed by atoms with Crippen molar-refractivity contribution in [2.75, 3.05) is 11.9 Å². The second-order valence-corrected chi connectivity index (χ2v) is 4.62. The van der Waals surface area contributed by atoms with Crippen LogP contribution in [-0.2, 0) is 0 Å². The van der Waals surface area contributed by atoms with Crippen LogP contribution in [0.2, 0.25) is 0 Å². The van der Waals surface area contributed by atoms with E-state index >= 15 is 0 Å². The molecule has 1 aromatic rings. The van der Waals surface area contributed by atoms with Gasteiger partial charge in [-0.2, -0.15) is 0 Å². The monoisotopic (exact) mass is 272 g/mol. The second kappa shape index (κ2) is 5.48. The zero-order chi connectivity index (χ0) is 14.0. The number of aliphatic hydroxyl groups is 1. The predicted molar refractivity (Wildman–Crippen MR) is 65.3 cm³/mol. The number of hydrogen-bond acceptors (Lipinski definition) is 4. The molecule has 104 valence electrons. The Hall–Kier alpha value is -1.76. The molecule has 1 aliphatic rings. The first-order valence-corrected chi connectivity index (χ1v) is 5.97. The Balaban J connectivity index is 2.11. The molecule has 7 heteroatoms. The topological polar surface area (TPSA) is 75.4 Å². The summed E-state index contributed by atoms with van der Waals surface area (Å²) >= 11 is 0. The molecule has 2 rings (SSSR count). The Labute approximate surface area is 108 Å². The van der Waals surface area contributed by atoms with Crippen molar-refractivity contribution in [2.24, 2.45) is 5.92 Å². The number of nitro benzene ring substituents is 1. The molecule has 5 nitrogen and oxygen atoms in total. The fourth-order valence-corrected chi connectivity index (χ4v) is 1.87. The van der Waals surface area contributed by atoms with Gasteiger partial charge in [0, 0.05) is 29.9 Å². The van der Waals surface area contributed by atoms with Crippen molar-refractivity contribution in [1.29, 1.82) is 0 Å². The molecule has 1 unspecified atom stereocenters. The molecule has 19 heavy (non-hydrogen) atoms. The first-order valence-electron chi connectivity index (χ1n) is 5.97. The van der Waals surface area contributed by atoms with Crippen molar-refractivity contribution in [1.82, 2.24) is 0 Å². The van der Waals surface area contributed by atoms with Crippen molar-refractivity contribution in [3.63, 3.8) is 0 Å². The minimum Gasteiger partial charge on any atom is -0.391 e. The molecule has 1 fully saturated rings. The van der Waals surface area contributed by atoms with E-state index in [1.54, 1.807) is 0 Å². The molecule has 0 spiro atoms. The molecule has 1 aromatic carbocycles. The van der Waals surface area contributed by atoms with Crippen LogP contribution in [0.1, 0.15) is 24.8 Å². The number of halogens is 2. The summed E-state index contributed by atoms with van der Waals surface area (Å²) in [6.07, 6.45) is -1.48. The summed E-state index contributed by atoms with van der Waals surface area (Å²) in [5, 5.41) is 22.9. The molecule has 0 heterocycles. The lowest BCUT2D eigenvalue weighted by Gasteiger charge is -2.14. The van der Waals surface area contributed by atoms with Crippen LogP contribution >= 0.6 is 0 Å². The molecule has 1 atom stereocenters. The van der Waals surface area contributed by atoms with E-state index in [1.165, 1.54) is 6.07 Å². The summed E-state index contributed by atoms with van der Waals surface area (Å²) in [6, 6.07) is 3.27. The average molecular weight is 272 g/mol. The van der Waals surface area contributed by atoms with Gasteiger partial charge in [0.2, 0.25) is 0 Å². The van der Waals surface area contributed by atoms with Crippen LogP contribution in [0.25, 0.3) is 0 Å². The highest BCUT2D eigenvalue weighted by atomic mass is 19.3. The molecule has 2 N–H and O–H groups in total. The summed E-state index contributed by atoms with van der Waals surface area (Å²) in [6.45, 7) is 0.169. The van der Waals surface area contributed by atoms with Gasteiger partial charge in [0.15, 0.2) is 0 Å². The number of rotatable bonds is 6. The Morgan fingerprint density at radius 2 is 2.16 bits per heavy atom. The molecule has 0 aromatic heterocycles. The largest absolute Gasteiger partial charge is 0.391 e. The van der Waals surface area contributed by atoms with E-state index in [0.717, 1.165) is 25.0 Å². The first kappa shape index (κ1) is 13.7. The molecule has 0 saturated heterocycles. The quantitative estimate of drug-likeness (QED) is 0.616. The van der Waals surface area contributed by atoms with E-state index in [0.29, 0.717) is 0 Å². The Kier molecular flexibility index (Phi) is 3.94. The predicted octanol–water partition coefficient (Wildman–Crippen LogP) is 2.72. The second-order valence-electron chi connectivity index (χ2n) is 4.62. The number of nitrogens with one attached hydrogen (secondary N) is 1. The lowest BCUT2D eigenvalue weighted by molar-refractivity contribution is -0.385. The number of anilines is 1. The molecular formula is C12H14F2N2O3. The van der Waals surface area contributed by atoms with Crippen LogP contribution < -0.4 is 5.32 Å². The number of hydrogen-bond donors (Lipinski definition) is 2. The van der Waals surface area contributed by atoms with Gasteiger partial charge in [-0.3, -0.25) is 10.1 Å². The number of alkyl halides is 2. The lowest BCUT2D eigenvalue weighted by Crippen LogP contribution is -2.21. The summed E-state index contributed by atoms with van der Waals surface area (Å²) in [5.74, 6) is 0.237. The zero-order valence-electron chi connectivity index (χ0n) is 10.1. The summed E-state index contributed by atoms with van der Waals surface area (Å²) in [5.41, 5.74) is -0.666. The van der Waals surface area contributed by atoms with E-state index in [2.05, 4.69) is 5.32 Å². The van der Waals surface area contributed by atoms with Crippen LogP contribution in [0.4, 0.5) is 20.2 Å². The van der Waals surface area contributed by atoms with Crippen molar-refractivity contribution < 1.29 is 18.8 Å². The van der Waals surface area contributed by atoms with Crippen molar-refractivity contribution in [3.8, 4) is 0 Å². The molecular weight excluding hydrogens is 258 g/mol. The van der Waals surface area contributed by atoms with Gasteiger partial charge in [0.25, 0.3) is 12.1 Å². The van der Waals surface area contributed by atoms with Gasteiger partial charge in [0.1, 0.15) is 0 Å². The van der Waals surface area contributed by atoms with Gasteiger partial charge in [0.05, 0.1) is 11.0 Å². The fourth-order valence-electron chi connectivity index (χ4n) is 1.87. The first-order chi connectivity index (χ1) is 8.99. The highest BCUT2D eigenvalue weighted by molar-refractivity contribution is 5.56. The van der Waals surface area contributed by atoms with E-state index in [1.807, 2.05) is 0 Å². The minimum absolute atomic E-state index is 0.125. The molecule has 1 saturated carbocycles. The van der Waals surface area contributed by atoms with Gasteiger partial charge in [-0.1, -0.05) is 0 Å². The van der Waals surface area contributed by atoms with Gasteiger partial charge >= 0.3 is 0 Å². The van der Waals surface area contributed by atoms with Gasteiger partial charge < -0.3 is 10.4 Å². The van der Waals surface area contributed by atoms with Crippen LogP contribution in [0.15, 0.2) is 18.2 Å². The van der Waals surface area contributed by atoms with Crippen LogP contribution in [0.3, 0.4) is 0 Å². The smallest absolute Gasteiger partial charge is 0.270 e. The van der Waals surface area contributed by atoms with Crippen molar-refractivity contribution in [2.45, 2.75) is 25.4 Å². The molecule has 0 bridgehead atoms. The standard InChI is InChI=1S/C12H14F2N2O3/c13-12(14)9-5-8(16(18)19)3-4-10(9)15-6-11(17)7-1-2-7/h3-5,7,11-12,15,17H,1-2,6H2. The number of nitro groups is 1. The molecule has 0 aliphatic heterocycles. The van der Waals surface area contributed by atoms with Crippen molar-refractivity contribution in [3.05, 3.63) is 33.9 Å². The third-order valence-corrected chi connectivity index (χ3v) is 3.15. The summed E-state index contributed by atoms with van der Waals surface area (Å²) in [4.78, 5) is 9.84. The summed E-state index contributed by atoms with van der Waals surface area (Å²) in [7, 11) is 0. The van der Waals surface area contributed by atoms with E-state index < -0.39 is 23.0 Å². The number of nitrogens with zero attached hydrogens (tertiary/aromatic N) is 1. The SMILES string of the molecule is O=[N+]([O-])c1ccc(NCC(O)C2CC2)c(C(F)F)c1. The normalized spacial score (nSPS) is 16.4. The van der Waals surface area contributed by atoms with Gasteiger partial charge in [-0.25, -0.2) is 8.78 Å². The highest BCUT2D eigenvalue weighted by Crippen LogP contribution is 2.34. The highest BCUT2D eigenvalue weighted by Gasteiger charge is 2.29. The minimum atomic E-state index is -2.81. The fraction of sp³-hybridized carbons (Fsp3) is 0.500. The maximum absolute atomic E-state index is 12.8. The number of non-ortho nitro benzene ring substituents is 1. The van der Waals surface area contributed by atoms with E-state index in [4.69, 9.17) is 0 Å². The Bertz CT molecular complexity index is 478.